The highest BCUT2D eigenvalue weighted by Gasteiger charge is 2.38. The summed E-state index contributed by atoms with van der Waals surface area (Å²) in [6, 6.07) is 12.5. The monoisotopic (exact) mass is 347 g/mol. The SMILES string of the molecule is CN(Cc1cccc(O)c1Cl)CC1(c2ccccc2F)CCCC1. The molecule has 0 aliphatic heterocycles. The first-order chi connectivity index (χ1) is 11.5. The van der Waals surface area contributed by atoms with Crippen LogP contribution < -0.4 is 0 Å². The highest BCUT2D eigenvalue weighted by molar-refractivity contribution is 6.32. The average molecular weight is 348 g/mol. The molecule has 0 saturated heterocycles. The molecular weight excluding hydrogens is 325 g/mol. The smallest absolute Gasteiger partial charge is 0.134 e. The van der Waals surface area contributed by atoms with Crippen molar-refractivity contribution >= 4 is 11.6 Å². The average Bonchev–Trinajstić information content (AvgIpc) is 3.01. The second kappa shape index (κ2) is 7.12. The van der Waals surface area contributed by atoms with E-state index >= 15 is 0 Å². The fraction of sp³-hybridized carbons (Fsp3) is 0.400. The maximum absolute atomic E-state index is 14.4. The molecular formula is C20H23ClFNO. The molecule has 1 fully saturated rings. The van der Waals surface area contributed by atoms with Gasteiger partial charge in [0.15, 0.2) is 0 Å². The molecule has 1 saturated carbocycles. The van der Waals surface area contributed by atoms with Crippen LogP contribution in [-0.2, 0) is 12.0 Å². The van der Waals surface area contributed by atoms with Crippen molar-refractivity contribution in [3.8, 4) is 5.75 Å². The van der Waals surface area contributed by atoms with E-state index in [-0.39, 0.29) is 17.0 Å². The Labute approximate surface area is 147 Å². The summed E-state index contributed by atoms with van der Waals surface area (Å²) < 4.78 is 14.4. The molecule has 3 rings (SSSR count). The summed E-state index contributed by atoms with van der Waals surface area (Å²) >= 11 is 6.19. The van der Waals surface area contributed by atoms with Gasteiger partial charge in [0.05, 0.1) is 5.02 Å². The Morgan fingerprint density at radius 2 is 1.83 bits per heavy atom. The molecule has 4 heteroatoms. The van der Waals surface area contributed by atoms with Crippen LogP contribution >= 0.6 is 11.6 Å². The van der Waals surface area contributed by atoms with Crippen LogP contribution in [-0.4, -0.2) is 23.6 Å². The van der Waals surface area contributed by atoms with E-state index in [1.165, 1.54) is 0 Å². The molecule has 128 valence electrons. The van der Waals surface area contributed by atoms with Gasteiger partial charge in [-0.1, -0.05) is 54.8 Å². The predicted molar refractivity (Wildman–Crippen MR) is 96.0 cm³/mol. The normalized spacial score (nSPS) is 16.7. The van der Waals surface area contributed by atoms with Crippen molar-refractivity contribution in [2.75, 3.05) is 13.6 Å². The lowest BCUT2D eigenvalue weighted by Gasteiger charge is -2.34. The van der Waals surface area contributed by atoms with Crippen molar-refractivity contribution in [2.24, 2.45) is 0 Å². The first kappa shape index (κ1) is 17.2. The molecule has 1 aliphatic carbocycles. The van der Waals surface area contributed by atoms with Gasteiger partial charge in [-0.2, -0.15) is 0 Å². The Morgan fingerprint density at radius 1 is 1.12 bits per heavy atom. The van der Waals surface area contributed by atoms with E-state index in [0.29, 0.717) is 11.6 Å². The van der Waals surface area contributed by atoms with E-state index in [4.69, 9.17) is 11.6 Å². The molecule has 2 nitrogen and oxygen atoms in total. The van der Waals surface area contributed by atoms with Gasteiger partial charge in [-0.25, -0.2) is 4.39 Å². The molecule has 1 aliphatic rings. The quantitative estimate of drug-likeness (QED) is 0.810. The van der Waals surface area contributed by atoms with Crippen molar-refractivity contribution in [1.29, 1.82) is 0 Å². The third-order valence-electron chi connectivity index (χ3n) is 5.08. The minimum atomic E-state index is -0.136. The fourth-order valence-electron chi connectivity index (χ4n) is 4.01. The van der Waals surface area contributed by atoms with Crippen LogP contribution in [0.5, 0.6) is 5.75 Å². The van der Waals surface area contributed by atoms with Crippen LogP contribution in [0, 0.1) is 5.82 Å². The lowest BCUT2D eigenvalue weighted by molar-refractivity contribution is 0.234. The standard InChI is InChI=1S/C20H23ClFNO/c1-23(13-15-7-6-10-18(24)19(15)21)14-20(11-4-5-12-20)16-8-2-3-9-17(16)22/h2-3,6-10,24H,4-5,11-14H2,1H3. The molecule has 0 spiro atoms. The largest absolute Gasteiger partial charge is 0.506 e. The number of phenols is 1. The zero-order chi connectivity index (χ0) is 17.2. The van der Waals surface area contributed by atoms with Gasteiger partial charge in [0.1, 0.15) is 11.6 Å². The van der Waals surface area contributed by atoms with Gasteiger partial charge in [0, 0.05) is 18.5 Å². The van der Waals surface area contributed by atoms with Crippen molar-refractivity contribution in [3.05, 3.63) is 64.4 Å². The van der Waals surface area contributed by atoms with E-state index < -0.39 is 0 Å². The maximum atomic E-state index is 14.4. The lowest BCUT2D eigenvalue weighted by Crippen LogP contribution is -2.37. The highest BCUT2D eigenvalue weighted by atomic mass is 35.5. The van der Waals surface area contributed by atoms with E-state index in [0.717, 1.165) is 43.4 Å². The summed E-state index contributed by atoms with van der Waals surface area (Å²) in [7, 11) is 2.03. The molecule has 0 amide bonds. The number of aromatic hydroxyl groups is 1. The van der Waals surface area contributed by atoms with Gasteiger partial charge in [-0.3, -0.25) is 0 Å². The number of hydrogen-bond acceptors (Lipinski definition) is 2. The van der Waals surface area contributed by atoms with Gasteiger partial charge in [0.2, 0.25) is 0 Å². The zero-order valence-corrected chi connectivity index (χ0v) is 14.7. The number of likely N-dealkylation sites (N-methyl/N-ethyl adjacent to an activating group) is 1. The second-order valence-electron chi connectivity index (χ2n) is 6.89. The van der Waals surface area contributed by atoms with Crippen molar-refractivity contribution < 1.29 is 9.50 Å². The fourth-order valence-corrected chi connectivity index (χ4v) is 4.19. The predicted octanol–water partition coefficient (Wildman–Crippen LogP) is 5.13. The Hall–Kier alpha value is -1.58. The second-order valence-corrected chi connectivity index (χ2v) is 7.27. The Bertz CT molecular complexity index is 713. The number of benzene rings is 2. The minimum Gasteiger partial charge on any atom is -0.506 e. The molecule has 0 unspecified atom stereocenters. The summed E-state index contributed by atoms with van der Waals surface area (Å²) in [6.45, 7) is 1.41. The molecule has 2 aromatic carbocycles. The lowest BCUT2D eigenvalue weighted by atomic mass is 9.78. The number of phenolic OH excluding ortho intramolecular Hbond substituents is 1. The van der Waals surface area contributed by atoms with E-state index in [9.17, 15) is 9.50 Å². The molecule has 0 heterocycles. The number of rotatable bonds is 5. The van der Waals surface area contributed by atoms with Crippen LogP contribution in [0.25, 0.3) is 0 Å². The number of halogens is 2. The van der Waals surface area contributed by atoms with Gasteiger partial charge >= 0.3 is 0 Å². The molecule has 0 bridgehead atoms. The first-order valence-corrected chi connectivity index (χ1v) is 8.79. The molecule has 24 heavy (non-hydrogen) atoms. The van der Waals surface area contributed by atoms with Crippen LogP contribution in [0.1, 0.15) is 36.8 Å². The molecule has 0 atom stereocenters. The van der Waals surface area contributed by atoms with Gasteiger partial charge < -0.3 is 10.0 Å². The van der Waals surface area contributed by atoms with Gasteiger partial charge in [0.25, 0.3) is 0 Å². The van der Waals surface area contributed by atoms with Crippen molar-refractivity contribution in [1.82, 2.24) is 4.90 Å². The van der Waals surface area contributed by atoms with Gasteiger partial charge in [-0.05, 0) is 43.1 Å². The Balaban J connectivity index is 1.81. The molecule has 0 radical (unpaired) electrons. The third kappa shape index (κ3) is 3.42. The summed E-state index contributed by atoms with van der Waals surface area (Å²) in [5.41, 5.74) is 1.58. The van der Waals surface area contributed by atoms with E-state index in [2.05, 4.69) is 4.90 Å². The van der Waals surface area contributed by atoms with Crippen LogP contribution in [0.2, 0.25) is 5.02 Å². The number of nitrogens with zero attached hydrogens (tertiary/aromatic N) is 1. The molecule has 1 N–H and O–H groups in total. The summed E-state index contributed by atoms with van der Waals surface area (Å²) in [6.07, 6.45) is 4.28. The van der Waals surface area contributed by atoms with E-state index in [1.54, 1.807) is 24.3 Å². The summed E-state index contributed by atoms with van der Waals surface area (Å²) in [4.78, 5) is 2.18. The Morgan fingerprint density at radius 3 is 2.54 bits per heavy atom. The molecule has 0 aromatic heterocycles. The van der Waals surface area contributed by atoms with Gasteiger partial charge in [-0.15, -0.1) is 0 Å². The Kier molecular flexibility index (Phi) is 5.12. The third-order valence-corrected chi connectivity index (χ3v) is 5.51. The van der Waals surface area contributed by atoms with Crippen LogP contribution in [0.4, 0.5) is 4.39 Å². The summed E-state index contributed by atoms with van der Waals surface area (Å²) in [5.74, 6) is -0.00422. The van der Waals surface area contributed by atoms with Crippen LogP contribution in [0.15, 0.2) is 42.5 Å². The highest BCUT2D eigenvalue weighted by Crippen LogP contribution is 2.43. The van der Waals surface area contributed by atoms with Crippen molar-refractivity contribution in [3.63, 3.8) is 0 Å². The first-order valence-electron chi connectivity index (χ1n) is 8.42. The number of hydrogen-bond donors (Lipinski definition) is 1. The summed E-state index contributed by atoms with van der Waals surface area (Å²) in [5, 5.41) is 10.2. The topological polar surface area (TPSA) is 23.5 Å². The van der Waals surface area contributed by atoms with Crippen LogP contribution in [0.3, 0.4) is 0 Å². The molecule has 2 aromatic rings. The van der Waals surface area contributed by atoms with E-state index in [1.807, 2.05) is 25.2 Å². The maximum Gasteiger partial charge on any atom is 0.134 e. The zero-order valence-electron chi connectivity index (χ0n) is 13.9. The van der Waals surface area contributed by atoms with Crippen molar-refractivity contribution in [2.45, 2.75) is 37.6 Å². The minimum absolute atomic E-state index is 0.104.